The molecule has 4 unspecified atom stereocenters. The molecule has 112 valence electrons. The molecule has 1 amide bonds. The van der Waals surface area contributed by atoms with Gasteiger partial charge in [-0.3, -0.25) is 4.79 Å². The van der Waals surface area contributed by atoms with E-state index < -0.39 is 0 Å². The number of hydrogen-bond donors (Lipinski definition) is 2. The lowest BCUT2D eigenvalue weighted by Crippen LogP contribution is -2.43. The predicted molar refractivity (Wildman–Crippen MR) is 80.8 cm³/mol. The Kier molecular flexibility index (Phi) is 6.84. The molecule has 3 nitrogen and oxygen atoms in total. The molecule has 0 saturated heterocycles. The fourth-order valence-electron chi connectivity index (χ4n) is 3.14. The third kappa shape index (κ3) is 6.42. The predicted octanol–water partition coefficient (Wildman–Crippen LogP) is 3.08. The number of carbonyl (C=O) groups is 1. The van der Waals surface area contributed by atoms with Crippen LogP contribution in [0.3, 0.4) is 0 Å². The molecule has 0 heterocycles. The average Bonchev–Trinajstić information content (AvgIpc) is 2.26. The van der Waals surface area contributed by atoms with Gasteiger partial charge in [-0.2, -0.15) is 0 Å². The van der Waals surface area contributed by atoms with Crippen molar-refractivity contribution in [1.82, 2.24) is 5.32 Å². The van der Waals surface area contributed by atoms with Gasteiger partial charge in [0, 0.05) is 18.0 Å². The molecule has 1 aliphatic rings. The highest BCUT2D eigenvalue weighted by atomic mass is 16.1. The molecule has 0 bridgehead atoms. The first-order chi connectivity index (χ1) is 8.88. The Morgan fingerprint density at radius 1 is 1.21 bits per heavy atom. The van der Waals surface area contributed by atoms with Crippen molar-refractivity contribution in [2.24, 2.45) is 23.5 Å². The van der Waals surface area contributed by atoms with E-state index in [4.69, 9.17) is 5.73 Å². The molecule has 0 spiro atoms. The minimum absolute atomic E-state index is 0.131. The summed E-state index contributed by atoms with van der Waals surface area (Å²) in [4.78, 5) is 12.2. The van der Waals surface area contributed by atoms with Crippen LogP contribution in [0.1, 0.15) is 66.2 Å². The molecular weight excluding hydrogens is 236 g/mol. The third-order valence-corrected chi connectivity index (χ3v) is 4.16. The average molecular weight is 268 g/mol. The molecule has 19 heavy (non-hydrogen) atoms. The number of amides is 1. The SMILES string of the molecule is CC(C)CCCC(C)NC(=O)C1CC(C)CC(N)C1. The zero-order valence-corrected chi connectivity index (χ0v) is 13.1. The highest BCUT2D eigenvalue weighted by Crippen LogP contribution is 2.28. The highest BCUT2D eigenvalue weighted by Gasteiger charge is 2.29. The van der Waals surface area contributed by atoms with Crippen molar-refractivity contribution in [3.63, 3.8) is 0 Å². The zero-order chi connectivity index (χ0) is 14.4. The van der Waals surface area contributed by atoms with Gasteiger partial charge in [0.05, 0.1) is 0 Å². The van der Waals surface area contributed by atoms with Crippen LogP contribution in [0.2, 0.25) is 0 Å². The Morgan fingerprint density at radius 2 is 1.89 bits per heavy atom. The molecule has 3 N–H and O–H groups in total. The lowest BCUT2D eigenvalue weighted by molar-refractivity contribution is -0.127. The largest absolute Gasteiger partial charge is 0.353 e. The van der Waals surface area contributed by atoms with Gasteiger partial charge in [-0.25, -0.2) is 0 Å². The van der Waals surface area contributed by atoms with Crippen LogP contribution in [0.15, 0.2) is 0 Å². The smallest absolute Gasteiger partial charge is 0.223 e. The maximum absolute atomic E-state index is 12.2. The van der Waals surface area contributed by atoms with E-state index in [1.165, 1.54) is 12.8 Å². The van der Waals surface area contributed by atoms with Gasteiger partial charge in [0.25, 0.3) is 0 Å². The molecule has 1 rings (SSSR count). The van der Waals surface area contributed by atoms with Crippen LogP contribution in [-0.2, 0) is 4.79 Å². The Balaban J connectivity index is 2.29. The van der Waals surface area contributed by atoms with E-state index in [0.717, 1.165) is 31.6 Å². The Labute approximate surface area is 118 Å². The molecular formula is C16H32N2O. The molecule has 3 heteroatoms. The first-order valence-electron chi connectivity index (χ1n) is 7.94. The van der Waals surface area contributed by atoms with Gasteiger partial charge in [-0.15, -0.1) is 0 Å². The van der Waals surface area contributed by atoms with Gasteiger partial charge >= 0.3 is 0 Å². The van der Waals surface area contributed by atoms with Crippen LogP contribution >= 0.6 is 0 Å². The second kappa shape index (κ2) is 7.88. The normalized spacial score (nSPS) is 29.3. The molecule has 0 aliphatic heterocycles. The van der Waals surface area contributed by atoms with E-state index >= 15 is 0 Å². The number of hydrogen-bond acceptors (Lipinski definition) is 2. The molecule has 0 radical (unpaired) electrons. The summed E-state index contributed by atoms with van der Waals surface area (Å²) in [5, 5.41) is 3.17. The van der Waals surface area contributed by atoms with Crippen molar-refractivity contribution in [1.29, 1.82) is 0 Å². The Bertz CT molecular complexity index is 268. The fraction of sp³-hybridized carbons (Fsp3) is 0.938. The van der Waals surface area contributed by atoms with Gasteiger partial charge in [0.15, 0.2) is 0 Å². The van der Waals surface area contributed by atoms with Crippen molar-refractivity contribution in [2.45, 2.75) is 78.3 Å². The molecule has 1 aliphatic carbocycles. The molecule has 1 saturated carbocycles. The van der Waals surface area contributed by atoms with Crippen molar-refractivity contribution in [3.05, 3.63) is 0 Å². The summed E-state index contributed by atoms with van der Waals surface area (Å²) in [5.74, 6) is 1.68. The number of nitrogens with two attached hydrogens (primary N) is 1. The molecule has 0 aromatic carbocycles. The summed E-state index contributed by atoms with van der Waals surface area (Å²) in [6, 6.07) is 0.496. The second-order valence-electron chi connectivity index (χ2n) is 7.00. The lowest BCUT2D eigenvalue weighted by atomic mass is 9.79. The summed E-state index contributed by atoms with van der Waals surface area (Å²) in [6.07, 6.45) is 6.43. The summed E-state index contributed by atoms with van der Waals surface area (Å²) in [6.45, 7) is 8.80. The van der Waals surface area contributed by atoms with E-state index in [0.29, 0.717) is 12.0 Å². The maximum Gasteiger partial charge on any atom is 0.223 e. The standard InChI is InChI=1S/C16H32N2O/c1-11(2)6-5-7-13(4)18-16(19)14-8-12(3)9-15(17)10-14/h11-15H,5-10,17H2,1-4H3,(H,18,19). The van der Waals surface area contributed by atoms with Crippen LogP contribution in [0.5, 0.6) is 0 Å². The van der Waals surface area contributed by atoms with Crippen molar-refractivity contribution >= 4 is 5.91 Å². The van der Waals surface area contributed by atoms with E-state index in [-0.39, 0.29) is 17.9 Å². The summed E-state index contributed by atoms with van der Waals surface area (Å²) < 4.78 is 0. The molecule has 0 aromatic heterocycles. The number of rotatable bonds is 6. The molecule has 4 atom stereocenters. The van der Waals surface area contributed by atoms with Crippen LogP contribution in [-0.4, -0.2) is 18.0 Å². The van der Waals surface area contributed by atoms with Crippen LogP contribution in [0, 0.1) is 17.8 Å². The zero-order valence-electron chi connectivity index (χ0n) is 13.1. The van der Waals surface area contributed by atoms with Gasteiger partial charge in [0.1, 0.15) is 0 Å². The first kappa shape index (κ1) is 16.5. The number of nitrogens with one attached hydrogen (secondary N) is 1. The van der Waals surface area contributed by atoms with Gasteiger partial charge in [-0.1, -0.05) is 33.6 Å². The van der Waals surface area contributed by atoms with Crippen LogP contribution < -0.4 is 11.1 Å². The minimum atomic E-state index is 0.131. The van der Waals surface area contributed by atoms with Crippen molar-refractivity contribution in [3.8, 4) is 0 Å². The van der Waals surface area contributed by atoms with Crippen molar-refractivity contribution in [2.75, 3.05) is 0 Å². The lowest BCUT2D eigenvalue weighted by Gasteiger charge is -2.31. The van der Waals surface area contributed by atoms with Gasteiger partial charge in [-0.05, 0) is 44.4 Å². The molecule has 0 aromatic rings. The van der Waals surface area contributed by atoms with E-state index in [9.17, 15) is 4.79 Å². The summed E-state index contributed by atoms with van der Waals surface area (Å²) in [5.41, 5.74) is 6.02. The molecule has 1 fully saturated rings. The van der Waals surface area contributed by atoms with E-state index in [1.54, 1.807) is 0 Å². The van der Waals surface area contributed by atoms with E-state index in [1.807, 2.05) is 0 Å². The summed E-state index contributed by atoms with van der Waals surface area (Å²) in [7, 11) is 0. The quantitative estimate of drug-likeness (QED) is 0.778. The Morgan fingerprint density at radius 3 is 2.47 bits per heavy atom. The topological polar surface area (TPSA) is 55.1 Å². The third-order valence-electron chi connectivity index (χ3n) is 4.16. The van der Waals surface area contributed by atoms with E-state index in [2.05, 4.69) is 33.0 Å². The van der Waals surface area contributed by atoms with Crippen molar-refractivity contribution < 1.29 is 4.79 Å². The van der Waals surface area contributed by atoms with Crippen LogP contribution in [0.25, 0.3) is 0 Å². The monoisotopic (exact) mass is 268 g/mol. The number of carbonyl (C=O) groups excluding carboxylic acids is 1. The second-order valence-corrected chi connectivity index (χ2v) is 7.00. The maximum atomic E-state index is 12.2. The first-order valence-corrected chi connectivity index (χ1v) is 7.94. The fourth-order valence-corrected chi connectivity index (χ4v) is 3.14. The van der Waals surface area contributed by atoms with Gasteiger partial charge in [0.2, 0.25) is 5.91 Å². The van der Waals surface area contributed by atoms with Crippen LogP contribution in [0.4, 0.5) is 0 Å². The van der Waals surface area contributed by atoms with Gasteiger partial charge < -0.3 is 11.1 Å². The minimum Gasteiger partial charge on any atom is -0.353 e. The summed E-state index contributed by atoms with van der Waals surface area (Å²) >= 11 is 0. The Hall–Kier alpha value is -0.570. The highest BCUT2D eigenvalue weighted by molar-refractivity contribution is 5.79.